The molecule has 0 bridgehead atoms. The second-order valence-electron chi connectivity index (χ2n) is 5.98. The Hall–Kier alpha value is -2.02. The van der Waals surface area contributed by atoms with Crippen LogP contribution in [0.3, 0.4) is 0 Å². The number of likely N-dealkylation sites (tertiary alicyclic amines) is 1. The third-order valence-corrected chi connectivity index (χ3v) is 5.17. The van der Waals surface area contributed by atoms with Gasteiger partial charge in [-0.25, -0.2) is 9.67 Å². The molecule has 7 heteroatoms. The van der Waals surface area contributed by atoms with E-state index in [0.717, 1.165) is 35.8 Å². The summed E-state index contributed by atoms with van der Waals surface area (Å²) in [6.07, 6.45) is 2.02. The molecule has 3 heterocycles. The van der Waals surface area contributed by atoms with E-state index in [9.17, 15) is 9.59 Å². The highest BCUT2D eigenvalue weighted by Crippen LogP contribution is 2.29. The van der Waals surface area contributed by atoms with Crippen molar-refractivity contribution in [1.29, 1.82) is 0 Å². The summed E-state index contributed by atoms with van der Waals surface area (Å²) in [5, 5.41) is 7.29. The molecule has 3 rings (SSSR count). The average Bonchev–Trinajstić information content (AvgIpc) is 2.97. The highest BCUT2D eigenvalue weighted by atomic mass is 32.1. The summed E-state index contributed by atoms with van der Waals surface area (Å²) < 4.78 is 1.24. The average molecular weight is 332 g/mol. The van der Waals surface area contributed by atoms with Gasteiger partial charge in [-0.3, -0.25) is 9.59 Å². The fourth-order valence-electron chi connectivity index (χ4n) is 2.86. The summed E-state index contributed by atoms with van der Waals surface area (Å²) in [5.74, 6) is 0.247. The van der Waals surface area contributed by atoms with Gasteiger partial charge in [0.2, 0.25) is 5.91 Å². The number of carbonyl (C=O) groups excluding carboxylic acids is 1. The molecule has 1 aliphatic rings. The van der Waals surface area contributed by atoms with E-state index in [1.165, 1.54) is 10.7 Å². The van der Waals surface area contributed by atoms with Gasteiger partial charge in [0, 0.05) is 36.1 Å². The van der Waals surface area contributed by atoms with Crippen LogP contribution in [0, 0.1) is 13.8 Å². The number of amides is 1. The summed E-state index contributed by atoms with van der Waals surface area (Å²) in [5.41, 5.74) is 1.52. The number of carbonyl (C=O) groups is 1. The highest BCUT2D eigenvalue weighted by molar-refractivity contribution is 7.09. The molecular formula is C16H20N4O2S. The lowest BCUT2D eigenvalue weighted by Crippen LogP contribution is -2.42. The molecule has 0 radical (unpaired) electrons. The Bertz CT molecular complexity index is 767. The zero-order valence-corrected chi connectivity index (χ0v) is 14.2. The normalized spacial score (nSPS) is 18.2. The van der Waals surface area contributed by atoms with Crippen molar-refractivity contribution < 1.29 is 4.79 Å². The van der Waals surface area contributed by atoms with E-state index in [4.69, 9.17) is 0 Å². The van der Waals surface area contributed by atoms with E-state index in [0.29, 0.717) is 12.5 Å². The maximum Gasteiger partial charge on any atom is 0.267 e. The first-order chi connectivity index (χ1) is 11.0. The Labute approximate surface area is 138 Å². The van der Waals surface area contributed by atoms with E-state index in [1.54, 1.807) is 17.4 Å². The molecule has 0 unspecified atom stereocenters. The first-order valence-corrected chi connectivity index (χ1v) is 8.65. The highest BCUT2D eigenvalue weighted by Gasteiger charge is 2.26. The van der Waals surface area contributed by atoms with Crippen LogP contribution in [-0.4, -0.2) is 38.7 Å². The third kappa shape index (κ3) is 3.67. The Morgan fingerprint density at radius 1 is 1.35 bits per heavy atom. The summed E-state index contributed by atoms with van der Waals surface area (Å²) in [6.45, 7) is 5.21. The molecule has 1 aliphatic heterocycles. The van der Waals surface area contributed by atoms with Crippen molar-refractivity contribution in [2.75, 3.05) is 13.1 Å². The van der Waals surface area contributed by atoms with Gasteiger partial charge in [-0.05, 0) is 32.8 Å². The third-order valence-electron chi connectivity index (χ3n) is 4.05. The fourth-order valence-corrected chi connectivity index (χ4v) is 3.78. The molecule has 1 fully saturated rings. The lowest BCUT2D eigenvalue weighted by atomic mass is 9.98. The van der Waals surface area contributed by atoms with Crippen LogP contribution in [0.5, 0.6) is 0 Å². The molecule has 2 aromatic heterocycles. The van der Waals surface area contributed by atoms with Gasteiger partial charge < -0.3 is 4.90 Å². The molecule has 0 aromatic carbocycles. The number of rotatable bonds is 3. The molecular weight excluding hydrogens is 312 g/mol. The quantitative estimate of drug-likeness (QED) is 0.858. The van der Waals surface area contributed by atoms with E-state index in [-0.39, 0.29) is 18.0 Å². The Kier molecular flexibility index (Phi) is 4.56. The van der Waals surface area contributed by atoms with E-state index < -0.39 is 0 Å². The van der Waals surface area contributed by atoms with Gasteiger partial charge in [0.15, 0.2) is 0 Å². The van der Waals surface area contributed by atoms with Crippen LogP contribution in [0.15, 0.2) is 22.3 Å². The summed E-state index contributed by atoms with van der Waals surface area (Å²) in [6, 6.07) is 3.11. The molecule has 0 saturated carbocycles. The maximum atomic E-state index is 12.5. The molecule has 1 saturated heterocycles. The predicted octanol–water partition coefficient (Wildman–Crippen LogP) is 1.72. The lowest BCUT2D eigenvalue weighted by molar-refractivity contribution is -0.133. The topological polar surface area (TPSA) is 68.1 Å². The van der Waals surface area contributed by atoms with Gasteiger partial charge in [-0.15, -0.1) is 11.3 Å². The van der Waals surface area contributed by atoms with Crippen molar-refractivity contribution in [3.8, 4) is 0 Å². The number of piperidine rings is 1. The minimum atomic E-state index is -0.243. The first kappa shape index (κ1) is 15.9. The lowest BCUT2D eigenvalue weighted by Gasteiger charge is -2.31. The molecule has 0 spiro atoms. The SMILES string of the molecule is Cc1csc([C@@H]2CCCN(C(=O)Cn3nc(C)ccc3=O)C2)n1. The minimum absolute atomic E-state index is 0.00410. The van der Waals surface area contributed by atoms with Gasteiger partial charge in [-0.1, -0.05) is 0 Å². The first-order valence-electron chi connectivity index (χ1n) is 7.77. The molecule has 122 valence electrons. The predicted molar refractivity (Wildman–Crippen MR) is 88.6 cm³/mol. The van der Waals surface area contributed by atoms with Gasteiger partial charge in [-0.2, -0.15) is 5.10 Å². The van der Waals surface area contributed by atoms with Gasteiger partial charge in [0.25, 0.3) is 5.56 Å². The smallest absolute Gasteiger partial charge is 0.267 e. The van der Waals surface area contributed by atoms with Crippen LogP contribution in [0.1, 0.15) is 35.2 Å². The molecule has 0 aliphatic carbocycles. The monoisotopic (exact) mass is 332 g/mol. The van der Waals surface area contributed by atoms with Crippen molar-refractivity contribution in [3.05, 3.63) is 44.3 Å². The number of aryl methyl sites for hydroxylation is 2. The second kappa shape index (κ2) is 6.62. The van der Waals surface area contributed by atoms with Crippen molar-refractivity contribution >= 4 is 17.2 Å². The standard InChI is InChI=1S/C16H20N4O2S/c1-11-5-6-14(21)20(18-11)9-15(22)19-7-3-4-13(8-19)16-17-12(2)10-23-16/h5-6,10,13H,3-4,7-9H2,1-2H3/t13-/m1/s1. The van der Waals surface area contributed by atoms with Crippen molar-refractivity contribution in [2.45, 2.75) is 39.2 Å². The van der Waals surface area contributed by atoms with Gasteiger partial charge in [0.05, 0.1) is 10.7 Å². The summed E-state index contributed by atoms with van der Waals surface area (Å²) in [7, 11) is 0. The van der Waals surface area contributed by atoms with E-state index >= 15 is 0 Å². The van der Waals surface area contributed by atoms with Crippen LogP contribution in [0.2, 0.25) is 0 Å². The van der Waals surface area contributed by atoms with E-state index in [2.05, 4.69) is 10.1 Å². The van der Waals surface area contributed by atoms with Gasteiger partial charge >= 0.3 is 0 Å². The summed E-state index contributed by atoms with van der Waals surface area (Å²) in [4.78, 5) is 30.7. The van der Waals surface area contributed by atoms with Crippen LogP contribution < -0.4 is 5.56 Å². The molecule has 1 atom stereocenters. The number of nitrogens with zero attached hydrogens (tertiary/aromatic N) is 4. The molecule has 1 amide bonds. The Morgan fingerprint density at radius 3 is 2.91 bits per heavy atom. The number of hydrogen-bond acceptors (Lipinski definition) is 5. The molecule has 6 nitrogen and oxygen atoms in total. The van der Waals surface area contributed by atoms with Crippen molar-refractivity contribution in [2.24, 2.45) is 0 Å². The minimum Gasteiger partial charge on any atom is -0.340 e. The molecule has 2 aromatic rings. The zero-order chi connectivity index (χ0) is 16.4. The Morgan fingerprint density at radius 2 is 2.17 bits per heavy atom. The number of aromatic nitrogens is 3. The number of hydrogen-bond donors (Lipinski definition) is 0. The van der Waals surface area contributed by atoms with Gasteiger partial charge in [0.1, 0.15) is 6.54 Å². The fraction of sp³-hybridized carbons (Fsp3) is 0.500. The van der Waals surface area contributed by atoms with E-state index in [1.807, 2.05) is 24.1 Å². The zero-order valence-electron chi connectivity index (χ0n) is 13.4. The van der Waals surface area contributed by atoms with Crippen molar-refractivity contribution in [1.82, 2.24) is 19.7 Å². The van der Waals surface area contributed by atoms with Crippen LogP contribution in [0.25, 0.3) is 0 Å². The summed E-state index contributed by atoms with van der Waals surface area (Å²) >= 11 is 1.66. The van der Waals surface area contributed by atoms with Crippen LogP contribution in [0.4, 0.5) is 0 Å². The maximum absolute atomic E-state index is 12.5. The second-order valence-corrected chi connectivity index (χ2v) is 6.87. The largest absolute Gasteiger partial charge is 0.340 e. The molecule has 0 N–H and O–H groups in total. The number of thiazole rings is 1. The van der Waals surface area contributed by atoms with Crippen molar-refractivity contribution in [3.63, 3.8) is 0 Å². The Balaban J connectivity index is 1.69. The van der Waals surface area contributed by atoms with Crippen LogP contribution in [-0.2, 0) is 11.3 Å². The molecule has 23 heavy (non-hydrogen) atoms. The van der Waals surface area contributed by atoms with Crippen LogP contribution >= 0.6 is 11.3 Å².